The summed E-state index contributed by atoms with van der Waals surface area (Å²) in [5.41, 5.74) is 1.76. The predicted molar refractivity (Wildman–Crippen MR) is 67.3 cm³/mol. The van der Waals surface area contributed by atoms with Gasteiger partial charge >= 0.3 is 5.97 Å². The molecule has 3 heteroatoms. The molecule has 0 unspecified atom stereocenters. The van der Waals surface area contributed by atoms with Crippen molar-refractivity contribution in [1.82, 2.24) is 4.98 Å². The number of aromatic carboxylic acids is 1. The molecule has 1 N–H and O–H groups in total. The third-order valence-corrected chi connectivity index (χ3v) is 2.81. The zero-order valence-electron chi connectivity index (χ0n) is 9.81. The van der Waals surface area contributed by atoms with Crippen molar-refractivity contribution >= 4 is 16.9 Å². The highest BCUT2D eigenvalue weighted by atomic mass is 16.4. The van der Waals surface area contributed by atoms with Gasteiger partial charge in [-0.3, -0.25) is 0 Å². The van der Waals surface area contributed by atoms with Gasteiger partial charge in [-0.15, -0.1) is 0 Å². The number of nitrogens with zero attached hydrogens (tertiary/aromatic N) is 1. The van der Waals surface area contributed by atoms with Crippen LogP contribution in [0, 0.1) is 0 Å². The Bertz CT molecular complexity index is 549. The van der Waals surface area contributed by atoms with Crippen LogP contribution >= 0.6 is 0 Å². The summed E-state index contributed by atoms with van der Waals surface area (Å²) >= 11 is 0. The van der Waals surface area contributed by atoms with Gasteiger partial charge in [0.1, 0.15) is 0 Å². The molecule has 1 aromatic heterocycles. The molecule has 2 aromatic rings. The van der Waals surface area contributed by atoms with Crippen molar-refractivity contribution < 1.29 is 9.90 Å². The molecule has 0 amide bonds. The quantitative estimate of drug-likeness (QED) is 0.875. The molecule has 0 atom stereocenters. The van der Waals surface area contributed by atoms with E-state index in [2.05, 4.69) is 11.9 Å². The Morgan fingerprint density at radius 2 is 2.12 bits per heavy atom. The number of benzene rings is 1. The number of para-hydroxylation sites is 1. The lowest BCUT2D eigenvalue weighted by atomic mass is 10.0. The van der Waals surface area contributed by atoms with Crippen molar-refractivity contribution in [3.05, 3.63) is 41.6 Å². The number of pyridine rings is 1. The summed E-state index contributed by atoms with van der Waals surface area (Å²) in [5, 5.41) is 10.2. The molecule has 0 fully saturated rings. The molecular weight excluding hydrogens is 214 g/mol. The van der Waals surface area contributed by atoms with Crippen LogP contribution in [0.1, 0.15) is 35.8 Å². The number of fused-ring (bicyclic) bond motifs is 1. The molecule has 1 heterocycles. The van der Waals surface area contributed by atoms with Gasteiger partial charge in [-0.25, -0.2) is 9.78 Å². The van der Waals surface area contributed by atoms with E-state index >= 15 is 0 Å². The van der Waals surface area contributed by atoms with Gasteiger partial charge in [-0.05, 0) is 30.5 Å². The Kier molecular flexibility index (Phi) is 3.38. The van der Waals surface area contributed by atoms with Crippen LogP contribution < -0.4 is 0 Å². The van der Waals surface area contributed by atoms with E-state index in [1.165, 1.54) is 0 Å². The summed E-state index contributed by atoms with van der Waals surface area (Å²) < 4.78 is 0. The fraction of sp³-hybridized carbons (Fsp3) is 0.286. The van der Waals surface area contributed by atoms with E-state index in [1.54, 1.807) is 0 Å². The van der Waals surface area contributed by atoms with Crippen LogP contribution in [0.4, 0.5) is 0 Å². The smallest absolute Gasteiger partial charge is 0.354 e. The molecule has 0 aliphatic rings. The first kappa shape index (κ1) is 11.6. The van der Waals surface area contributed by atoms with Crippen molar-refractivity contribution in [1.29, 1.82) is 0 Å². The third-order valence-electron chi connectivity index (χ3n) is 2.81. The summed E-state index contributed by atoms with van der Waals surface area (Å²) in [6.45, 7) is 2.09. The second-order valence-electron chi connectivity index (χ2n) is 4.10. The fourth-order valence-electron chi connectivity index (χ4n) is 1.90. The lowest BCUT2D eigenvalue weighted by Gasteiger charge is -2.06. The van der Waals surface area contributed by atoms with Gasteiger partial charge in [0.15, 0.2) is 5.69 Å². The van der Waals surface area contributed by atoms with Crippen LogP contribution in [-0.4, -0.2) is 16.1 Å². The monoisotopic (exact) mass is 229 g/mol. The number of unbranched alkanes of at least 4 members (excludes halogenated alkanes) is 1. The maximum absolute atomic E-state index is 11.2. The number of aromatic nitrogens is 1. The molecule has 0 aliphatic heterocycles. The van der Waals surface area contributed by atoms with E-state index in [1.807, 2.05) is 30.3 Å². The molecule has 0 bridgehead atoms. The molecule has 3 nitrogen and oxygen atoms in total. The SMILES string of the molecule is CCCCc1cc2ccccc2nc1C(=O)O. The maximum atomic E-state index is 11.2. The number of carbonyl (C=O) groups is 1. The summed E-state index contributed by atoms with van der Waals surface area (Å²) in [4.78, 5) is 15.4. The highest BCUT2D eigenvalue weighted by molar-refractivity contribution is 5.91. The molecule has 1 aromatic carbocycles. The first-order chi connectivity index (χ1) is 8.22. The van der Waals surface area contributed by atoms with Crippen LogP contribution in [0.5, 0.6) is 0 Å². The molecule has 0 spiro atoms. The van der Waals surface area contributed by atoms with E-state index in [0.717, 1.165) is 35.7 Å². The van der Waals surface area contributed by atoms with Gasteiger partial charge in [0, 0.05) is 5.39 Å². The lowest BCUT2D eigenvalue weighted by molar-refractivity contribution is 0.0689. The summed E-state index contributed by atoms with van der Waals surface area (Å²) in [7, 11) is 0. The number of carboxylic acids is 1. The molecular formula is C14H15NO2. The Hall–Kier alpha value is -1.90. The fourth-order valence-corrected chi connectivity index (χ4v) is 1.90. The van der Waals surface area contributed by atoms with Gasteiger partial charge in [-0.1, -0.05) is 31.5 Å². The minimum atomic E-state index is -0.943. The average molecular weight is 229 g/mol. The number of hydrogen-bond donors (Lipinski definition) is 1. The Morgan fingerprint density at radius 3 is 2.82 bits per heavy atom. The van der Waals surface area contributed by atoms with Crippen LogP contribution in [0.15, 0.2) is 30.3 Å². The lowest BCUT2D eigenvalue weighted by Crippen LogP contribution is -2.06. The zero-order valence-corrected chi connectivity index (χ0v) is 9.81. The number of aryl methyl sites for hydroxylation is 1. The zero-order chi connectivity index (χ0) is 12.3. The molecule has 0 aliphatic carbocycles. The van der Waals surface area contributed by atoms with E-state index in [0.29, 0.717) is 0 Å². The molecule has 88 valence electrons. The molecule has 17 heavy (non-hydrogen) atoms. The first-order valence-corrected chi connectivity index (χ1v) is 5.84. The van der Waals surface area contributed by atoms with Crippen molar-refractivity contribution in [2.45, 2.75) is 26.2 Å². The van der Waals surface area contributed by atoms with E-state index in [-0.39, 0.29) is 5.69 Å². The second kappa shape index (κ2) is 4.95. The molecule has 0 saturated heterocycles. The van der Waals surface area contributed by atoms with Gasteiger partial charge < -0.3 is 5.11 Å². The van der Waals surface area contributed by atoms with Gasteiger partial charge in [0.05, 0.1) is 5.52 Å². The van der Waals surface area contributed by atoms with Crippen molar-refractivity contribution in [3.63, 3.8) is 0 Å². The topological polar surface area (TPSA) is 50.2 Å². The van der Waals surface area contributed by atoms with Crippen LogP contribution in [0.25, 0.3) is 10.9 Å². The molecule has 0 radical (unpaired) electrons. The van der Waals surface area contributed by atoms with Crippen LogP contribution in [0.3, 0.4) is 0 Å². The Morgan fingerprint density at radius 1 is 1.35 bits per heavy atom. The van der Waals surface area contributed by atoms with E-state index in [4.69, 9.17) is 5.11 Å². The van der Waals surface area contributed by atoms with Crippen molar-refractivity contribution in [3.8, 4) is 0 Å². The number of hydrogen-bond acceptors (Lipinski definition) is 2. The summed E-state index contributed by atoms with van der Waals surface area (Å²) in [5.74, 6) is -0.943. The maximum Gasteiger partial charge on any atom is 0.354 e. The van der Waals surface area contributed by atoms with Crippen molar-refractivity contribution in [2.75, 3.05) is 0 Å². The van der Waals surface area contributed by atoms with E-state index < -0.39 is 5.97 Å². The van der Waals surface area contributed by atoms with Crippen molar-refractivity contribution in [2.24, 2.45) is 0 Å². The third kappa shape index (κ3) is 2.44. The minimum Gasteiger partial charge on any atom is -0.477 e. The first-order valence-electron chi connectivity index (χ1n) is 5.84. The van der Waals surface area contributed by atoms with Gasteiger partial charge in [-0.2, -0.15) is 0 Å². The summed E-state index contributed by atoms with van der Waals surface area (Å²) in [6, 6.07) is 9.55. The largest absolute Gasteiger partial charge is 0.477 e. The normalized spacial score (nSPS) is 10.6. The summed E-state index contributed by atoms with van der Waals surface area (Å²) in [6.07, 6.45) is 2.81. The predicted octanol–water partition coefficient (Wildman–Crippen LogP) is 3.28. The highest BCUT2D eigenvalue weighted by Gasteiger charge is 2.12. The number of rotatable bonds is 4. The second-order valence-corrected chi connectivity index (χ2v) is 4.10. The minimum absolute atomic E-state index is 0.192. The molecule has 0 saturated carbocycles. The molecule has 2 rings (SSSR count). The Labute approximate surface area is 100 Å². The van der Waals surface area contributed by atoms with E-state index in [9.17, 15) is 4.79 Å². The van der Waals surface area contributed by atoms with Crippen LogP contribution in [-0.2, 0) is 6.42 Å². The Balaban J connectivity index is 2.54. The number of carboxylic acid groups (broad SMARTS) is 1. The standard InChI is InChI=1S/C14H15NO2/c1-2-3-6-11-9-10-7-4-5-8-12(10)15-13(11)14(16)17/h4-5,7-9H,2-3,6H2,1H3,(H,16,17). The average Bonchev–Trinajstić information content (AvgIpc) is 2.35. The van der Waals surface area contributed by atoms with Crippen LogP contribution in [0.2, 0.25) is 0 Å². The van der Waals surface area contributed by atoms with Gasteiger partial charge in [0.25, 0.3) is 0 Å². The van der Waals surface area contributed by atoms with Gasteiger partial charge in [0.2, 0.25) is 0 Å². The highest BCUT2D eigenvalue weighted by Crippen LogP contribution is 2.18.